The van der Waals surface area contributed by atoms with Crippen molar-refractivity contribution in [3.05, 3.63) is 29.3 Å². The summed E-state index contributed by atoms with van der Waals surface area (Å²) in [6.07, 6.45) is 1.71. The molecule has 0 radical (unpaired) electrons. The van der Waals surface area contributed by atoms with Crippen LogP contribution in [0.1, 0.15) is 44.2 Å². The quantitative estimate of drug-likeness (QED) is 0.781. The standard InChI is InChI=1S/C19H28N2O3/c1-5-24-12-6-11-20-18(23)19(4)10-9-17(22)21(19)16-13-14(2)7-8-15(16)3/h7-8,13H,5-6,9-12H2,1-4H3,(H,20,23)/t19-/m1/s1. The molecule has 0 spiro atoms. The van der Waals surface area contributed by atoms with Gasteiger partial charge in [-0.3, -0.25) is 14.5 Å². The van der Waals surface area contributed by atoms with E-state index in [4.69, 9.17) is 4.74 Å². The zero-order valence-electron chi connectivity index (χ0n) is 15.1. The molecule has 0 aromatic heterocycles. The summed E-state index contributed by atoms with van der Waals surface area (Å²) in [5.41, 5.74) is 2.09. The fraction of sp³-hybridized carbons (Fsp3) is 0.579. The molecule has 1 atom stereocenters. The van der Waals surface area contributed by atoms with Crippen LogP contribution in [0, 0.1) is 13.8 Å². The average Bonchev–Trinajstić information content (AvgIpc) is 2.86. The van der Waals surface area contributed by atoms with Crippen LogP contribution in [-0.4, -0.2) is 37.1 Å². The SMILES string of the molecule is CCOCCCNC(=O)[C@@]1(C)CCC(=O)N1c1cc(C)ccc1C. The number of amides is 2. The molecule has 1 saturated heterocycles. The Morgan fingerprint density at radius 3 is 2.83 bits per heavy atom. The highest BCUT2D eigenvalue weighted by molar-refractivity contribution is 6.07. The molecule has 1 N–H and O–H groups in total. The number of benzene rings is 1. The Morgan fingerprint density at radius 2 is 2.12 bits per heavy atom. The number of carbonyl (C=O) groups is 2. The van der Waals surface area contributed by atoms with Crippen LogP contribution >= 0.6 is 0 Å². The van der Waals surface area contributed by atoms with E-state index in [9.17, 15) is 9.59 Å². The van der Waals surface area contributed by atoms with Gasteiger partial charge in [0.15, 0.2) is 0 Å². The lowest BCUT2D eigenvalue weighted by atomic mass is 9.96. The van der Waals surface area contributed by atoms with E-state index >= 15 is 0 Å². The molecule has 1 aromatic rings. The van der Waals surface area contributed by atoms with Gasteiger partial charge in [-0.15, -0.1) is 0 Å². The molecule has 0 saturated carbocycles. The van der Waals surface area contributed by atoms with Crippen molar-refractivity contribution >= 4 is 17.5 Å². The van der Waals surface area contributed by atoms with Crippen molar-refractivity contribution in [3.8, 4) is 0 Å². The third kappa shape index (κ3) is 3.78. The van der Waals surface area contributed by atoms with Crippen molar-refractivity contribution in [1.29, 1.82) is 0 Å². The molecule has 5 nitrogen and oxygen atoms in total. The Balaban J connectivity index is 2.15. The van der Waals surface area contributed by atoms with Gasteiger partial charge in [0.25, 0.3) is 0 Å². The van der Waals surface area contributed by atoms with Crippen molar-refractivity contribution in [1.82, 2.24) is 5.32 Å². The summed E-state index contributed by atoms with van der Waals surface area (Å²) in [4.78, 5) is 27.0. The van der Waals surface area contributed by atoms with Crippen LogP contribution in [0.2, 0.25) is 0 Å². The number of hydrogen-bond donors (Lipinski definition) is 1. The second-order valence-corrected chi connectivity index (χ2v) is 6.60. The van der Waals surface area contributed by atoms with Crippen LogP contribution in [0.5, 0.6) is 0 Å². The van der Waals surface area contributed by atoms with Crippen molar-refractivity contribution < 1.29 is 14.3 Å². The second kappa shape index (κ2) is 7.79. The zero-order valence-corrected chi connectivity index (χ0v) is 15.1. The van der Waals surface area contributed by atoms with Gasteiger partial charge < -0.3 is 10.1 Å². The number of anilines is 1. The molecule has 1 fully saturated rings. The van der Waals surface area contributed by atoms with E-state index in [2.05, 4.69) is 5.32 Å². The van der Waals surface area contributed by atoms with Crippen molar-refractivity contribution in [2.24, 2.45) is 0 Å². The van der Waals surface area contributed by atoms with Gasteiger partial charge in [0.2, 0.25) is 11.8 Å². The Bertz CT molecular complexity index is 615. The number of nitrogens with zero attached hydrogens (tertiary/aromatic N) is 1. The average molecular weight is 332 g/mol. The molecule has 0 aliphatic carbocycles. The summed E-state index contributed by atoms with van der Waals surface area (Å²) in [6.45, 7) is 9.65. The first-order valence-corrected chi connectivity index (χ1v) is 8.66. The van der Waals surface area contributed by atoms with E-state index in [-0.39, 0.29) is 11.8 Å². The maximum absolute atomic E-state index is 12.8. The summed E-state index contributed by atoms with van der Waals surface area (Å²) in [5, 5.41) is 2.97. The number of hydrogen-bond acceptors (Lipinski definition) is 3. The summed E-state index contributed by atoms with van der Waals surface area (Å²) >= 11 is 0. The first-order chi connectivity index (χ1) is 11.4. The number of carbonyl (C=O) groups excluding carboxylic acids is 2. The highest BCUT2D eigenvalue weighted by atomic mass is 16.5. The lowest BCUT2D eigenvalue weighted by Crippen LogP contribution is -2.55. The Morgan fingerprint density at radius 1 is 1.38 bits per heavy atom. The van der Waals surface area contributed by atoms with E-state index in [0.29, 0.717) is 32.6 Å². The van der Waals surface area contributed by atoms with Gasteiger partial charge in [0.05, 0.1) is 0 Å². The van der Waals surface area contributed by atoms with Gasteiger partial charge in [0, 0.05) is 31.9 Å². The Labute approximate surface area is 144 Å². The van der Waals surface area contributed by atoms with E-state index in [1.807, 2.05) is 45.9 Å². The fourth-order valence-electron chi connectivity index (χ4n) is 3.14. The number of rotatable bonds is 7. The summed E-state index contributed by atoms with van der Waals surface area (Å²) in [6, 6.07) is 6.00. The van der Waals surface area contributed by atoms with E-state index in [0.717, 1.165) is 23.2 Å². The van der Waals surface area contributed by atoms with Crippen molar-refractivity contribution in [2.45, 2.75) is 52.5 Å². The molecule has 0 bridgehead atoms. The van der Waals surface area contributed by atoms with E-state index in [1.54, 1.807) is 4.90 Å². The highest BCUT2D eigenvalue weighted by Crippen LogP contribution is 2.37. The number of ether oxygens (including phenoxy) is 1. The normalized spacial score (nSPS) is 20.5. The summed E-state index contributed by atoms with van der Waals surface area (Å²) < 4.78 is 5.29. The predicted octanol–water partition coefficient (Wildman–Crippen LogP) is 2.73. The maximum atomic E-state index is 12.8. The first-order valence-electron chi connectivity index (χ1n) is 8.66. The molecular formula is C19H28N2O3. The molecule has 2 amide bonds. The lowest BCUT2D eigenvalue weighted by molar-refractivity contribution is -0.127. The highest BCUT2D eigenvalue weighted by Gasteiger charge is 2.48. The Kier molecular flexibility index (Phi) is 5.99. The largest absolute Gasteiger partial charge is 0.382 e. The monoisotopic (exact) mass is 332 g/mol. The lowest BCUT2D eigenvalue weighted by Gasteiger charge is -2.35. The van der Waals surface area contributed by atoms with Crippen LogP contribution in [0.3, 0.4) is 0 Å². The van der Waals surface area contributed by atoms with Crippen molar-refractivity contribution in [2.75, 3.05) is 24.7 Å². The number of aryl methyl sites for hydroxylation is 2. The molecule has 132 valence electrons. The van der Waals surface area contributed by atoms with Gasteiger partial charge in [-0.2, -0.15) is 0 Å². The molecule has 1 aliphatic heterocycles. The summed E-state index contributed by atoms with van der Waals surface area (Å²) in [5.74, 6) is -0.0820. The van der Waals surface area contributed by atoms with E-state index in [1.165, 1.54) is 0 Å². The zero-order chi connectivity index (χ0) is 17.7. The first kappa shape index (κ1) is 18.5. The maximum Gasteiger partial charge on any atom is 0.246 e. The van der Waals surface area contributed by atoms with Gasteiger partial charge in [-0.1, -0.05) is 12.1 Å². The molecule has 0 unspecified atom stereocenters. The third-order valence-corrected chi connectivity index (χ3v) is 4.62. The van der Waals surface area contributed by atoms with Crippen LogP contribution in [0.4, 0.5) is 5.69 Å². The number of nitrogens with one attached hydrogen (secondary N) is 1. The van der Waals surface area contributed by atoms with Crippen molar-refractivity contribution in [3.63, 3.8) is 0 Å². The molecule has 24 heavy (non-hydrogen) atoms. The van der Waals surface area contributed by atoms with Crippen LogP contribution in [-0.2, 0) is 14.3 Å². The van der Waals surface area contributed by atoms with Crippen LogP contribution in [0.15, 0.2) is 18.2 Å². The molecular weight excluding hydrogens is 304 g/mol. The minimum atomic E-state index is -0.832. The molecule has 1 aromatic carbocycles. The van der Waals surface area contributed by atoms with Gasteiger partial charge >= 0.3 is 0 Å². The van der Waals surface area contributed by atoms with Gasteiger partial charge in [-0.05, 0) is 57.7 Å². The minimum absolute atomic E-state index is 0.00988. The molecule has 2 rings (SSSR count). The molecule has 1 aliphatic rings. The summed E-state index contributed by atoms with van der Waals surface area (Å²) in [7, 11) is 0. The minimum Gasteiger partial charge on any atom is -0.382 e. The van der Waals surface area contributed by atoms with Crippen LogP contribution in [0.25, 0.3) is 0 Å². The fourth-order valence-corrected chi connectivity index (χ4v) is 3.14. The van der Waals surface area contributed by atoms with Gasteiger partial charge in [-0.25, -0.2) is 0 Å². The topological polar surface area (TPSA) is 58.6 Å². The third-order valence-electron chi connectivity index (χ3n) is 4.62. The van der Waals surface area contributed by atoms with Gasteiger partial charge in [0.1, 0.15) is 5.54 Å². The second-order valence-electron chi connectivity index (χ2n) is 6.60. The Hall–Kier alpha value is -1.88. The smallest absolute Gasteiger partial charge is 0.246 e. The molecule has 5 heteroatoms. The predicted molar refractivity (Wildman–Crippen MR) is 95.2 cm³/mol. The van der Waals surface area contributed by atoms with Crippen LogP contribution < -0.4 is 10.2 Å². The van der Waals surface area contributed by atoms with E-state index < -0.39 is 5.54 Å². The molecule has 1 heterocycles.